The molecule has 0 saturated carbocycles. The van der Waals surface area contributed by atoms with Crippen LogP contribution >= 0.6 is 0 Å². The Labute approximate surface area is 161 Å². The minimum atomic E-state index is -0.267. The summed E-state index contributed by atoms with van der Waals surface area (Å²) in [4.78, 5) is 29.2. The molecule has 0 aliphatic carbocycles. The molecule has 27 heavy (non-hydrogen) atoms. The highest BCUT2D eigenvalue weighted by Gasteiger charge is 2.45. The number of allylic oxidation sites excluding steroid dienone is 1. The van der Waals surface area contributed by atoms with Crippen molar-refractivity contribution in [2.45, 2.75) is 37.8 Å². The van der Waals surface area contributed by atoms with E-state index in [-0.39, 0.29) is 36.4 Å². The van der Waals surface area contributed by atoms with Gasteiger partial charge in [-0.25, -0.2) is 4.79 Å². The summed E-state index contributed by atoms with van der Waals surface area (Å²) in [6, 6.07) is 19.2. The van der Waals surface area contributed by atoms with E-state index >= 15 is 0 Å². The van der Waals surface area contributed by atoms with E-state index in [1.165, 1.54) is 4.90 Å². The van der Waals surface area contributed by atoms with Crippen molar-refractivity contribution in [1.29, 1.82) is 0 Å². The molecule has 0 aromatic heterocycles. The van der Waals surface area contributed by atoms with Crippen LogP contribution in [-0.2, 0) is 4.79 Å². The summed E-state index contributed by atoms with van der Waals surface area (Å²) in [6.07, 6.45) is 2.81. The highest BCUT2D eigenvalue weighted by molar-refractivity contribution is 5.97. The molecule has 3 atom stereocenters. The molecule has 140 valence electrons. The Balaban J connectivity index is 1.88. The van der Waals surface area contributed by atoms with E-state index in [0.29, 0.717) is 6.42 Å². The number of imide groups is 1. The summed E-state index contributed by atoms with van der Waals surface area (Å²) in [5, 5.41) is 0. The van der Waals surface area contributed by atoms with Gasteiger partial charge in [0.15, 0.2) is 0 Å². The maximum absolute atomic E-state index is 13.2. The number of carbonyl (C=O) groups excluding carboxylic acids is 2. The topological polar surface area (TPSA) is 40.6 Å². The second-order valence-corrected chi connectivity index (χ2v) is 7.09. The first kappa shape index (κ1) is 18.9. The van der Waals surface area contributed by atoms with E-state index in [2.05, 4.69) is 6.58 Å². The Morgan fingerprint density at radius 3 is 2.30 bits per heavy atom. The van der Waals surface area contributed by atoms with E-state index in [0.717, 1.165) is 11.1 Å². The molecule has 0 unspecified atom stereocenters. The molecule has 1 saturated heterocycles. The number of amides is 3. The molecule has 2 aromatic carbocycles. The van der Waals surface area contributed by atoms with Crippen molar-refractivity contribution < 1.29 is 9.59 Å². The molecule has 0 spiro atoms. The van der Waals surface area contributed by atoms with Gasteiger partial charge in [0.1, 0.15) is 0 Å². The zero-order chi connectivity index (χ0) is 19.4. The minimum absolute atomic E-state index is 0.0154. The van der Waals surface area contributed by atoms with Crippen LogP contribution in [0.2, 0.25) is 0 Å². The minimum Gasteiger partial charge on any atom is -0.322 e. The van der Waals surface area contributed by atoms with Crippen molar-refractivity contribution in [3.8, 4) is 0 Å². The Bertz CT molecular complexity index is 804. The van der Waals surface area contributed by atoms with Crippen molar-refractivity contribution >= 4 is 11.9 Å². The lowest BCUT2D eigenvalue weighted by Crippen LogP contribution is -2.37. The predicted molar refractivity (Wildman–Crippen MR) is 107 cm³/mol. The van der Waals surface area contributed by atoms with Crippen LogP contribution in [0.4, 0.5) is 4.79 Å². The number of hydrogen-bond donors (Lipinski definition) is 0. The summed E-state index contributed by atoms with van der Waals surface area (Å²) >= 11 is 0. The third-order valence-corrected chi connectivity index (χ3v) is 5.41. The molecular formula is C23H26N2O2. The van der Waals surface area contributed by atoms with Crippen molar-refractivity contribution in [3.63, 3.8) is 0 Å². The third kappa shape index (κ3) is 3.80. The fourth-order valence-corrected chi connectivity index (χ4v) is 3.80. The van der Waals surface area contributed by atoms with Crippen molar-refractivity contribution in [3.05, 3.63) is 84.4 Å². The van der Waals surface area contributed by atoms with Gasteiger partial charge < -0.3 is 4.90 Å². The van der Waals surface area contributed by atoms with E-state index < -0.39 is 0 Å². The summed E-state index contributed by atoms with van der Waals surface area (Å²) < 4.78 is 0. The van der Waals surface area contributed by atoms with Gasteiger partial charge in [-0.2, -0.15) is 0 Å². The lowest BCUT2D eigenvalue weighted by molar-refractivity contribution is -0.129. The van der Waals surface area contributed by atoms with Gasteiger partial charge in [-0.3, -0.25) is 9.69 Å². The molecule has 1 heterocycles. The lowest BCUT2D eigenvalue weighted by atomic mass is 9.91. The molecule has 4 heteroatoms. The SMILES string of the molecule is C=CC[C@H](CC(=O)N1C(=O)N(C)[C@@H](C)[C@H]1c1ccccc1)c1ccccc1. The van der Waals surface area contributed by atoms with Crippen LogP contribution in [0.3, 0.4) is 0 Å². The second-order valence-electron chi connectivity index (χ2n) is 7.09. The largest absolute Gasteiger partial charge is 0.327 e. The van der Waals surface area contributed by atoms with Crippen molar-refractivity contribution in [2.75, 3.05) is 7.05 Å². The number of urea groups is 1. The number of benzene rings is 2. The second kappa shape index (κ2) is 8.21. The van der Waals surface area contributed by atoms with Crippen molar-refractivity contribution in [1.82, 2.24) is 9.80 Å². The van der Waals surface area contributed by atoms with Gasteiger partial charge in [0.2, 0.25) is 5.91 Å². The molecule has 0 radical (unpaired) electrons. The van der Waals surface area contributed by atoms with E-state index in [9.17, 15) is 9.59 Å². The van der Waals surface area contributed by atoms with Crippen molar-refractivity contribution in [2.24, 2.45) is 0 Å². The van der Waals surface area contributed by atoms with Crippen LogP contribution in [0.5, 0.6) is 0 Å². The number of likely N-dealkylation sites (N-methyl/N-ethyl adjacent to an activating group) is 1. The summed E-state index contributed by atoms with van der Waals surface area (Å²) in [7, 11) is 1.76. The fourth-order valence-electron chi connectivity index (χ4n) is 3.80. The number of rotatable bonds is 6. The zero-order valence-electron chi connectivity index (χ0n) is 15.9. The normalized spacial score (nSPS) is 20.6. The zero-order valence-corrected chi connectivity index (χ0v) is 15.9. The molecule has 1 aliphatic rings. The van der Waals surface area contributed by atoms with Crippen LogP contribution in [-0.4, -0.2) is 34.8 Å². The Kier molecular flexibility index (Phi) is 5.75. The number of hydrogen-bond acceptors (Lipinski definition) is 2. The maximum Gasteiger partial charge on any atom is 0.327 e. The van der Waals surface area contributed by atoms with Crippen LogP contribution in [0.15, 0.2) is 73.3 Å². The third-order valence-electron chi connectivity index (χ3n) is 5.41. The molecular weight excluding hydrogens is 336 g/mol. The lowest BCUT2D eigenvalue weighted by Gasteiger charge is -2.26. The van der Waals surface area contributed by atoms with Gasteiger partial charge in [-0.15, -0.1) is 6.58 Å². The van der Waals surface area contributed by atoms with Crippen LogP contribution in [0, 0.1) is 0 Å². The molecule has 0 N–H and O–H groups in total. The quantitative estimate of drug-likeness (QED) is 0.695. The average Bonchev–Trinajstić information content (AvgIpc) is 2.93. The van der Waals surface area contributed by atoms with Crippen LogP contribution in [0.25, 0.3) is 0 Å². The molecule has 3 rings (SSSR count). The first-order valence-electron chi connectivity index (χ1n) is 9.34. The van der Waals surface area contributed by atoms with E-state index in [1.807, 2.05) is 73.7 Å². The number of carbonyl (C=O) groups is 2. The van der Waals surface area contributed by atoms with Gasteiger partial charge in [-0.1, -0.05) is 66.7 Å². The van der Waals surface area contributed by atoms with Gasteiger partial charge >= 0.3 is 6.03 Å². The summed E-state index contributed by atoms with van der Waals surface area (Å²) in [6.45, 7) is 5.82. The molecule has 1 fully saturated rings. The smallest absolute Gasteiger partial charge is 0.322 e. The molecule has 3 amide bonds. The average molecular weight is 362 g/mol. The maximum atomic E-state index is 13.2. The Morgan fingerprint density at radius 2 is 1.70 bits per heavy atom. The molecule has 4 nitrogen and oxygen atoms in total. The summed E-state index contributed by atoms with van der Waals surface area (Å²) in [5.74, 6) is -0.123. The molecule has 1 aliphatic heterocycles. The monoisotopic (exact) mass is 362 g/mol. The highest BCUT2D eigenvalue weighted by atomic mass is 16.2. The first-order valence-corrected chi connectivity index (χ1v) is 9.34. The van der Waals surface area contributed by atoms with Gasteiger partial charge in [0, 0.05) is 13.5 Å². The Morgan fingerprint density at radius 1 is 1.11 bits per heavy atom. The number of nitrogens with zero attached hydrogens (tertiary/aromatic N) is 2. The molecule has 0 bridgehead atoms. The van der Waals surface area contributed by atoms with E-state index in [4.69, 9.17) is 0 Å². The van der Waals surface area contributed by atoms with Gasteiger partial charge in [0.25, 0.3) is 0 Å². The summed E-state index contributed by atoms with van der Waals surface area (Å²) in [5.41, 5.74) is 2.08. The van der Waals surface area contributed by atoms with Gasteiger partial charge in [0.05, 0.1) is 12.1 Å². The fraction of sp³-hybridized carbons (Fsp3) is 0.304. The van der Waals surface area contributed by atoms with E-state index in [1.54, 1.807) is 11.9 Å². The van der Waals surface area contributed by atoms with Gasteiger partial charge in [-0.05, 0) is 30.4 Å². The highest BCUT2D eigenvalue weighted by Crippen LogP contribution is 2.36. The first-order chi connectivity index (χ1) is 13.0. The Hall–Kier alpha value is -2.88. The van der Waals surface area contributed by atoms with Crippen LogP contribution in [0.1, 0.15) is 42.9 Å². The predicted octanol–water partition coefficient (Wildman–Crippen LogP) is 4.76. The standard InChI is InChI=1S/C23H26N2O2/c1-4-11-20(18-12-7-5-8-13-18)16-21(26)25-22(17(2)24(3)23(25)27)19-14-9-6-10-15-19/h4-10,12-15,17,20,22H,1,11,16H2,2-3H3/t17-,20+,22-/m0/s1. The van der Waals surface area contributed by atoms with Crippen LogP contribution < -0.4 is 0 Å². The molecule has 2 aromatic rings.